The SMILES string of the molecule is COc1cc(Nc2ccncc2Br)cc(OC)c1OC. The second kappa shape index (κ2) is 6.47. The van der Waals surface area contributed by atoms with E-state index in [9.17, 15) is 0 Å². The van der Waals surface area contributed by atoms with E-state index < -0.39 is 0 Å². The molecule has 0 atom stereocenters. The smallest absolute Gasteiger partial charge is 0.203 e. The van der Waals surface area contributed by atoms with Gasteiger partial charge in [0.05, 0.1) is 31.5 Å². The lowest BCUT2D eigenvalue weighted by Gasteiger charge is -2.15. The highest BCUT2D eigenvalue weighted by molar-refractivity contribution is 9.10. The fraction of sp³-hybridized carbons (Fsp3) is 0.214. The first kappa shape index (κ1) is 14.5. The van der Waals surface area contributed by atoms with Crippen LogP contribution in [0.4, 0.5) is 11.4 Å². The molecule has 1 aromatic heterocycles. The standard InChI is InChI=1S/C14H15BrN2O3/c1-18-12-6-9(7-13(19-2)14(12)20-3)17-11-4-5-16-8-10(11)15/h4-8H,1-3H3,(H,16,17). The summed E-state index contributed by atoms with van der Waals surface area (Å²) in [7, 11) is 4.75. The second-order valence-corrected chi connectivity index (χ2v) is 4.75. The van der Waals surface area contributed by atoms with Crippen LogP contribution in [-0.4, -0.2) is 26.3 Å². The van der Waals surface area contributed by atoms with Crippen molar-refractivity contribution in [3.05, 3.63) is 35.1 Å². The molecular weight excluding hydrogens is 324 g/mol. The molecule has 0 aliphatic heterocycles. The summed E-state index contributed by atoms with van der Waals surface area (Å²) < 4.78 is 16.8. The Bertz CT molecular complexity index is 580. The van der Waals surface area contributed by atoms with Gasteiger partial charge in [0.15, 0.2) is 11.5 Å². The maximum absolute atomic E-state index is 5.32. The van der Waals surface area contributed by atoms with Gasteiger partial charge in [-0.15, -0.1) is 0 Å². The molecule has 0 unspecified atom stereocenters. The molecule has 106 valence electrons. The first-order valence-electron chi connectivity index (χ1n) is 5.86. The molecule has 2 aromatic rings. The molecular formula is C14H15BrN2O3. The molecule has 0 fully saturated rings. The van der Waals surface area contributed by atoms with Gasteiger partial charge in [-0.3, -0.25) is 4.98 Å². The van der Waals surface area contributed by atoms with Gasteiger partial charge in [-0.05, 0) is 22.0 Å². The van der Waals surface area contributed by atoms with Crippen molar-refractivity contribution in [2.24, 2.45) is 0 Å². The number of aromatic nitrogens is 1. The van der Waals surface area contributed by atoms with Crippen LogP contribution in [0.5, 0.6) is 17.2 Å². The van der Waals surface area contributed by atoms with E-state index in [2.05, 4.69) is 26.2 Å². The van der Waals surface area contributed by atoms with E-state index in [-0.39, 0.29) is 0 Å². The summed E-state index contributed by atoms with van der Waals surface area (Å²) in [6, 6.07) is 5.55. The van der Waals surface area contributed by atoms with Crippen LogP contribution < -0.4 is 19.5 Å². The van der Waals surface area contributed by atoms with E-state index in [1.807, 2.05) is 18.2 Å². The molecule has 0 saturated carbocycles. The zero-order chi connectivity index (χ0) is 14.5. The van der Waals surface area contributed by atoms with Gasteiger partial charge in [-0.1, -0.05) is 0 Å². The lowest BCUT2D eigenvalue weighted by atomic mass is 10.2. The Balaban J connectivity index is 2.40. The van der Waals surface area contributed by atoms with Crippen molar-refractivity contribution >= 4 is 27.3 Å². The summed E-state index contributed by atoms with van der Waals surface area (Å²) >= 11 is 3.44. The number of halogens is 1. The Morgan fingerprint density at radius 2 is 1.70 bits per heavy atom. The predicted octanol–water partition coefficient (Wildman–Crippen LogP) is 3.61. The van der Waals surface area contributed by atoms with Crippen molar-refractivity contribution < 1.29 is 14.2 Å². The highest BCUT2D eigenvalue weighted by Crippen LogP contribution is 2.41. The van der Waals surface area contributed by atoms with E-state index in [0.717, 1.165) is 15.8 Å². The number of hydrogen-bond acceptors (Lipinski definition) is 5. The topological polar surface area (TPSA) is 52.6 Å². The Morgan fingerprint density at radius 1 is 1.05 bits per heavy atom. The number of methoxy groups -OCH3 is 3. The molecule has 1 aromatic carbocycles. The van der Waals surface area contributed by atoms with Crippen molar-refractivity contribution in [2.75, 3.05) is 26.6 Å². The molecule has 0 aliphatic rings. The normalized spacial score (nSPS) is 10.0. The molecule has 5 nitrogen and oxygen atoms in total. The quantitative estimate of drug-likeness (QED) is 0.902. The average Bonchev–Trinajstić information content (AvgIpc) is 2.48. The van der Waals surface area contributed by atoms with Crippen molar-refractivity contribution in [2.45, 2.75) is 0 Å². The predicted molar refractivity (Wildman–Crippen MR) is 81.3 cm³/mol. The third-order valence-corrected chi connectivity index (χ3v) is 3.35. The van der Waals surface area contributed by atoms with E-state index >= 15 is 0 Å². The first-order chi connectivity index (χ1) is 9.69. The summed E-state index contributed by atoms with van der Waals surface area (Å²) in [5.41, 5.74) is 1.72. The van der Waals surface area contributed by atoms with Gasteiger partial charge in [0.1, 0.15) is 0 Å². The largest absolute Gasteiger partial charge is 0.493 e. The Morgan fingerprint density at radius 3 is 2.20 bits per heavy atom. The zero-order valence-corrected chi connectivity index (χ0v) is 13.0. The van der Waals surface area contributed by atoms with Crippen LogP contribution in [0.25, 0.3) is 0 Å². The van der Waals surface area contributed by atoms with Gasteiger partial charge in [-0.25, -0.2) is 0 Å². The van der Waals surface area contributed by atoms with Crippen LogP contribution in [0.3, 0.4) is 0 Å². The van der Waals surface area contributed by atoms with Crippen LogP contribution in [0.2, 0.25) is 0 Å². The lowest BCUT2D eigenvalue weighted by Crippen LogP contribution is -1.98. The van der Waals surface area contributed by atoms with Crippen molar-refractivity contribution in [1.82, 2.24) is 4.98 Å². The first-order valence-corrected chi connectivity index (χ1v) is 6.65. The molecule has 0 amide bonds. The number of nitrogens with one attached hydrogen (secondary N) is 1. The van der Waals surface area contributed by atoms with Gasteiger partial charge in [0.2, 0.25) is 5.75 Å². The fourth-order valence-corrected chi connectivity index (χ4v) is 2.13. The van der Waals surface area contributed by atoms with Crippen LogP contribution >= 0.6 is 15.9 Å². The number of benzene rings is 1. The molecule has 20 heavy (non-hydrogen) atoms. The van der Waals surface area contributed by atoms with Gasteiger partial charge in [0, 0.05) is 30.2 Å². The number of hydrogen-bond donors (Lipinski definition) is 1. The summed E-state index contributed by atoms with van der Waals surface area (Å²) in [6.07, 6.45) is 3.44. The van der Waals surface area contributed by atoms with Crippen molar-refractivity contribution in [1.29, 1.82) is 0 Å². The Labute approximate surface area is 126 Å². The van der Waals surface area contributed by atoms with Gasteiger partial charge >= 0.3 is 0 Å². The average molecular weight is 339 g/mol. The number of ether oxygens (including phenoxy) is 3. The number of pyridine rings is 1. The van der Waals surface area contributed by atoms with Crippen molar-refractivity contribution in [3.63, 3.8) is 0 Å². The van der Waals surface area contributed by atoms with E-state index in [1.54, 1.807) is 33.7 Å². The van der Waals surface area contributed by atoms with Gasteiger partial charge < -0.3 is 19.5 Å². The molecule has 0 spiro atoms. The summed E-state index contributed by atoms with van der Waals surface area (Å²) in [4.78, 5) is 4.03. The molecule has 2 rings (SSSR count). The molecule has 0 aliphatic carbocycles. The van der Waals surface area contributed by atoms with Gasteiger partial charge in [0.25, 0.3) is 0 Å². The fourth-order valence-electron chi connectivity index (χ4n) is 1.79. The second-order valence-electron chi connectivity index (χ2n) is 3.89. The maximum atomic E-state index is 5.32. The summed E-state index contributed by atoms with van der Waals surface area (Å²) in [5, 5.41) is 3.27. The maximum Gasteiger partial charge on any atom is 0.203 e. The van der Waals surface area contributed by atoms with Crippen molar-refractivity contribution in [3.8, 4) is 17.2 Å². The summed E-state index contributed by atoms with van der Waals surface area (Å²) in [5.74, 6) is 1.76. The number of anilines is 2. The molecule has 1 heterocycles. The highest BCUT2D eigenvalue weighted by atomic mass is 79.9. The monoisotopic (exact) mass is 338 g/mol. The molecule has 6 heteroatoms. The number of nitrogens with zero attached hydrogens (tertiary/aromatic N) is 1. The number of rotatable bonds is 5. The van der Waals surface area contributed by atoms with Gasteiger partial charge in [-0.2, -0.15) is 0 Å². The van der Waals surface area contributed by atoms with E-state index in [1.165, 1.54) is 0 Å². The van der Waals surface area contributed by atoms with Crippen LogP contribution in [0.1, 0.15) is 0 Å². The summed E-state index contributed by atoms with van der Waals surface area (Å²) in [6.45, 7) is 0. The minimum Gasteiger partial charge on any atom is -0.493 e. The zero-order valence-electron chi connectivity index (χ0n) is 11.4. The van der Waals surface area contributed by atoms with Crippen LogP contribution in [-0.2, 0) is 0 Å². The molecule has 0 radical (unpaired) electrons. The Kier molecular flexibility index (Phi) is 4.68. The third kappa shape index (κ3) is 2.96. The molecule has 0 bridgehead atoms. The third-order valence-electron chi connectivity index (χ3n) is 2.72. The molecule has 0 saturated heterocycles. The minimum atomic E-state index is 0.564. The Hall–Kier alpha value is -1.95. The van der Waals surface area contributed by atoms with Crippen LogP contribution in [0, 0.1) is 0 Å². The highest BCUT2D eigenvalue weighted by Gasteiger charge is 2.13. The lowest BCUT2D eigenvalue weighted by molar-refractivity contribution is 0.324. The van der Waals surface area contributed by atoms with E-state index in [0.29, 0.717) is 17.2 Å². The minimum absolute atomic E-state index is 0.564. The van der Waals surface area contributed by atoms with Crippen LogP contribution in [0.15, 0.2) is 35.1 Å². The molecule has 1 N–H and O–H groups in total. The van der Waals surface area contributed by atoms with E-state index in [4.69, 9.17) is 14.2 Å².